The monoisotopic (exact) mass is 338 g/mol. The lowest BCUT2D eigenvalue weighted by Gasteiger charge is -2.19. The van der Waals surface area contributed by atoms with Gasteiger partial charge in [-0.25, -0.2) is 0 Å². The van der Waals surface area contributed by atoms with Crippen LogP contribution in [0.15, 0.2) is 34.9 Å². The van der Waals surface area contributed by atoms with Crippen molar-refractivity contribution in [1.82, 2.24) is 4.98 Å². The lowest BCUT2D eigenvalue weighted by Crippen LogP contribution is -2.24. The van der Waals surface area contributed by atoms with Crippen molar-refractivity contribution >= 4 is 50.0 Å². The summed E-state index contributed by atoms with van der Waals surface area (Å²) in [6, 6.07) is 7.77. The largest absolute Gasteiger partial charge is 0.311 e. The van der Waals surface area contributed by atoms with Gasteiger partial charge in [0.05, 0.1) is 11.2 Å². The topological polar surface area (TPSA) is 33.2 Å². The highest BCUT2D eigenvalue weighted by molar-refractivity contribution is 9.10. The average molecular weight is 340 g/mol. The van der Waals surface area contributed by atoms with Crippen LogP contribution in [0.4, 0.5) is 5.69 Å². The lowest BCUT2D eigenvalue weighted by atomic mass is 10.1. The Hall–Kier alpha value is -1.13. The Bertz CT molecular complexity index is 646. The first-order valence-corrected chi connectivity index (χ1v) is 7.43. The van der Waals surface area contributed by atoms with Crippen LogP contribution in [-0.4, -0.2) is 23.3 Å². The predicted octanol–water partition coefficient (Wildman–Crippen LogP) is 3.59. The Morgan fingerprint density at radius 3 is 3.00 bits per heavy atom. The molecule has 0 N–H and O–H groups in total. The molecule has 1 amide bonds. The molecule has 0 radical (unpaired) electrons. The fraction of sp³-hybridized carbons (Fsp3) is 0.286. The van der Waals surface area contributed by atoms with Gasteiger partial charge in [-0.15, -0.1) is 11.6 Å². The zero-order chi connectivity index (χ0) is 13.4. The summed E-state index contributed by atoms with van der Waals surface area (Å²) in [6.45, 7) is 0.688. The molecule has 1 aromatic heterocycles. The number of hydrogen-bond acceptors (Lipinski definition) is 2. The standard InChI is InChI=1S/C14H12BrClN2O/c15-11-3-4-12(10-2-1-5-17-14(10)11)18-8-9(7-16)6-13(18)19/h1-5,9H,6-8H2. The van der Waals surface area contributed by atoms with Crippen LogP contribution < -0.4 is 4.90 Å². The molecule has 1 saturated heterocycles. The summed E-state index contributed by atoms with van der Waals surface area (Å²) in [7, 11) is 0. The van der Waals surface area contributed by atoms with Crippen LogP contribution in [0.25, 0.3) is 10.9 Å². The molecule has 19 heavy (non-hydrogen) atoms. The third-order valence-electron chi connectivity index (χ3n) is 3.41. The average Bonchev–Trinajstić information content (AvgIpc) is 2.81. The van der Waals surface area contributed by atoms with E-state index in [0.717, 1.165) is 21.1 Å². The minimum atomic E-state index is 0.137. The normalized spacial score (nSPS) is 19.4. The van der Waals surface area contributed by atoms with Crippen LogP contribution in [-0.2, 0) is 4.79 Å². The lowest BCUT2D eigenvalue weighted by molar-refractivity contribution is -0.117. The highest BCUT2D eigenvalue weighted by Crippen LogP contribution is 2.34. The summed E-state index contributed by atoms with van der Waals surface area (Å²) in [4.78, 5) is 18.3. The maximum Gasteiger partial charge on any atom is 0.227 e. The number of halogens is 2. The van der Waals surface area contributed by atoms with Crippen molar-refractivity contribution < 1.29 is 4.79 Å². The van der Waals surface area contributed by atoms with Crippen molar-refractivity contribution in [2.24, 2.45) is 5.92 Å². The number of fused-ring (bicyclic) bond motifs is 1. The molecule has 0 aliphatic carbocycles. The molecule has 3 nitrogen and oxygen atoms in total. The van der Waals surface area contributed by atoms with Gasteiger partial charge < -0.3 is 4.90 Å². The Labute approximate surface area is 124 Å². The molecule has 3 rings (SSSR count). The number of carbonyl (C=O) groups excluding carboxylic acids is 1. The van der Waals surface area contributed by atoms with Crippen molar-refractivity contribution in [3.63, 3.8) is 0 Å². The molecule has 1 aliphatic rings. The van der Waals surface area contributed by atoms with Crippen molar-refractivity contribution in [2.45, 2.75) is 6.42 Å². The fourth-order valence-electron chi connectivity index (χ4n) is 2.48. The van der Waals surface area contributed by atoms with Gasteiger partial charge in [0.2, 0.25) is 5.91 Å². The number of rotatable bonds is 2. The van der Waals surface area contributed by atoms with Crippen LogP contribution in [0.1, 0.15) is 6.42 Å². The second-order valence-corrected chi connectivity index (χ2v) is 5.86. The Kier molecular flexibility index (Phi) is 3.46. The van der Waals surface area contributed by atoms with E-state index in [1.165, 1.54) is 0 Å². The van der Waals surface area contributed by atoms with Crippen molar-refractivity contribution in [2.75, 3.05) is 17.3 Å². The first kappa shape index (κ1) is 12.9. The molecule has 5 heteroatoms. The van der Waals surface area contributed by atoms with Gasteiger partial charge in [-0.3, -0.25) is 9.78 Å². The van der Waals surface area contributed by atoms with Crippen LogP contribution >= 0.6 is 27.5 Å². The van der Waals surface area contributed by atoms with Crippen molar-refractivity contribution in [3.8, 4) is 0 Å². The maximum absolute atomic E-state index is 12.1. The highest BCUT2D eigenvalue weighted by atomic mass is 79.9. The number of aromatic nitrogens is 1. The molecule has 2 heterocycles. The zero-order valence-corrected chi connectivity index (χ0v) is 12.5. The van der Waals surface area contributed by atoms with E-state index in [1.54, 1.807) is 6.20 Å². The fourth-order valence-corrected chi connectivity index (χ4v) is 3.13. The molecule has 2 aromatic rings. The molecule has 1 fully saturated rings. The SMILES string of the molecule is O=C1CC(CCl)CN1c1ccc(Br)c2ncccc12. The molecule has 1 unspecified atom stereocenters. The number of anilines is 1. The predicted molar refractivity (Wildman–Crippen MR) is 80.6 cm³/mol. The zero-order valence-electron chi connectivity index (χ0n) is 10.1. The third kappa shape index (κ3) is 2.23. The summed E-state index contributed by atoms with van der Waals surface area (Å²) >= 11 is 9.36. The number of alkyl halides is 1. The molecule has 0 saturated carbocycles. The smallest absolute Gasteiger partial charge is 0.227 e. The van der Waals surface area contributed by atoms with Gasteiger partial charge in [0.15, 0.2) is 0 Å². The second-order valence-electron chi connectivity index (χ2n) is 4.69. The van der Waals surface area contributed by atoms with Crippen LogP contribution in [0.2, 0.25) is 0 Å². The number of pyridine rings is 1. The molecule has 1 aromatic carbocycles. The third-order valence-corrected chi connectivity index (χ3v) is 4.49. The molecule has 1 aliphatic heterocycles. The first-order chi connectivity index (χ1) is 9.20. The van der Waals surface area contributed by atoms with Gasteiger partial charge in [0.1, 0.15) is 0 Å². The quantitative estimate of drug-likeness (QED) is 0.783. The minimum Gasteiger partial charge on any atom is -0.311 e. The number of amides is 1. The van der Waals surface area contributed by atoms with E-state index < -0.39 is 0 Å². The summed E-state index contributed by atoms with van der Waals surface area (Å²) in [6.07, 6.45) is 2.28. The summed E-state index contributed by atoms with van der Waals surface area (Å²) in [5.74, 6) is 0.900. The Balaban J connectivity index is 2.11. The van der Waals surface area contributed by atoms with Gasteiger partial charge in [0, 0.05) is 34.9 Å². The number of benzene rings is 1. The second kappa shape index (κ2) is 5.10. The highest BCUT2D eigenvalue weighted by Gasteiger charge is 2.30. The van der Waals surface area contributed by atoms with E-state index in [2.05, 4.69) is 20.9 Å². The van der Waals surface area contributed by atoms with E-state index in [1.807, 2.05) is 29.2 Å². The minimum absolute atomic E-state index is 0.137. The van der Waals surface area contributed by atoms with Gasteiger partial charge in [-0.1, -0.05) is 0 Å². The summed E-state index contributed by atoms with van der Waals surface area (Å²) in [5, 5.41) is 0.987. The van der Waals surface area contributed by atoms with Crippen molar-refractivity contribution in [1.29, 1.82) is 0 Å². The van der Waals surface area contributed by atoms with E-state index >= 15 is 0 Å². The summed E-state index contributed by atoms with van der Waals surface area (Å²) in [5.41, 5.74) is 1.80. The van der Waals surface area contributed by atoms with E-state index in [4.69, 9.17) is 11.6 Å². The Morgan fingerprint density at radius 2 is 2.26 bits per heavy atom. The van der Waals surface area contributed by atoms with Crippen LogP contribution in [0.3, 0.4) is 0 Å². The van der Waals surface area contributed by atoms with Gasteiger partial charge in [-0.05, 0) is 46.1 Å². The van der Waals surface area contributed by atoms with Crippen molar-refractivity contribution in [3.05, 3.63) is 34.9 Å². The molecule has 1 atom stereocenters. The number of hydrogen-bond donors (Lipinski definition) is 0. The van der Waals surface area contributed by atoms with Gasteiger partial charge in [-0.2, -0.15) is 0 Å². The molecular weight excluding hydrogens is 328 g/mol. The van der Waals surface area contributed by atoms with Gasteiger partial charge >= 0.3 is 0 Å². The molecule has 0 spiro atoms. The molecular formula is C14H12BrClN2O. The van der Waals surface area contributed by atoms with E-state index in [9.17, 15) is 4.79 Å². The molecule has 98 valence electrons. The van der Waals surface area contributed by atoms with Crippen LogP contribution in [0, 0.1) is 5.92 Å². The van der Waals surface area contributed by atoms with E-state index in [-0.39, 0.29) is 11.8 Å². The molecule has 0 bridgehead atoms. The maximum atomic E-state index is 12.1. The van der Waals surface area contributed by atoms with E-state index in [0.29, 0.717) is 18.8 Å². The Morgan fingerprint density at radius 1 is 1.42 bits per heavy atom. The number of nitrogens with zero attached hydrogens (tertiary/aromatic N) is 2. The number of carbonyl (C=O) groups is 1. The first-order valence-electron chi connectivity index (χ1n) is 6.10. The summed E-state index contributed by atoms with van der Waals surface area (Å²) < 4.78 is 0.937. The van der Waals surface area contributed by atoms with Gasteiger partial charge in [0.25, 0.3) is 0 Å². The van der Waals surface area contributed by atoms with Crippen LogP contribution in [0.5, 0.6) is 0 Å².